The lowest BCUT2D eigenvalue weighted by atomic mass is 9.91. The van der Waals surface area contributed by atoms with Gasteiger partial charge in [0, 0.05) is 5.92 Å². The van der Waals surface area contributed by atoms with Gasteiger partial charge in [-0.1, -0.05) is 30.3 Å². The summed E-state index contributed by atoms with van der Waals surface area (Å²) in [7, 11) is 0. The SMILES string of the molecule is CC(NC(=O)C1CC12CCNCC2)c1ccc(Oc2ccccc2)cc1.Cl. The van der Waals surface area contributed by atoms with Gasteiger partial charge in [-0.15, -0.1) is 12.4 Å². The summed E-state index contributed by atoms with van der Waals surface area (Å²) < 4.78 is 5.82. The summed E-state index contributed by atoms with van der Waals surface area (Å²) >= 11 is 0. The first-order valence-corrected chi connectivity index (χ1v) is 9.50. The molecule has 2 fully saturated rings. The van der Waals surface area contributed by atoms with Crippen molar-refractivity contribution >= 4 is 18.3 Å². The number of halogens is 1. The lowest BCUT2D eigenvalue weighted by molar-refractivity contribution is -0.123. The van der Waals surface area contributed by atoms with Crippen LogP contribution < -0.4 is 15.4 Å². The average Bonchev–Trinajstić information content (AvgIpc) is 3.36. The van der Waals surface area contributed by atoms with E-state index in [-0.39, 0.29) is 35.7 Å². The fraction of sp³-hybridized carbons (Fsp3) is 0.409. The average molecular weight is 387 g/mol. The standard InChI is InChI=1S/C22H26N2O2.ClH/c1-16(24-21(25)20-15-22(20)11-13-23-14-12-22)17-7-9-19(10-8-17)26-18-5-3-2-4-6-18;/h2-10,16,20,23H,11-15H2,1H3,(H,24,25);1H. The quantitative estimate of drug-likeness (QED) is 0.797. The molecule has 27 heavy (non-hydrogen) atoms. The molecule has 2 aliphatic rings. The highest BCUT2D eigenvalue weighted by atomic mass is 35.5. The Bertz CT molecular complexity index is 758. The molecule has 2 atom stereocenters. The molecule has 144 valence electrons. The van der Waals surface area contributed by atoms with Crippen molar-refractivity contribution in [2.75, 3.05) is 13.1 Å². The van der Waals surface area contributed by atoms with Crippen LogP contribution in [0.5, 0.6) is 11.5 Å². The Labute approximate surface area is 167 Å². The fourth-order valence-electron chi connectivity index (χ4n) is 4.04. The van der Waals surface area contributed by atoms with Gasteiger partial charge >= 0.3 is 0 Å². The normalized spacial score (nSPS) is 21.0. The molecule has 2 aromatic rings. The van der Waals surface area contributed by atoms with Crippen molar-refractivity contribution in [3.8, 4) is 11.5 Å². The van der Waals surface area contributed by atoms with Crippen molar-refractivity contribution < 1.29 is 9.53 Å². The second-order valence-corrected chi connectivity index (χ2v) is 7.58. The first kappa shape index (κ1) is 19.7. The van der Waals surface area contributed by atoms with E-state index < -0.39 is 0 Å². The predicted molar refractivity (Wildman–Crippen MR) is 109 cm³/mol. The van der Waals surface area contributed by atoms with Crippen LogP contribution in [0.2, 0.25) is 0 Å². The molecule has 2 unspecified atom stereocenters. The zero-order chi connectivity index (χ0) is 18.0. The summed E-state index contributed by atoms with van der Waals surface area (Å²) in [6, 6.07) is 17.7. The minimum Gasteiger partial charge on any atom is -0.457 e. The molecule has 2 N–H and O–H groups in total. The van der Waals surface area contributed by atoms with Gasteiger partial charge in [0.2, 0.25) is 5.91 Å². The van der Waals surface area contributed by atoms with Crippen LogP contribution in [0, 0.1) is 11.3 Å². The monoisotopic (exact) mass is 386 g/mol. The van der Waals surface area contributed by atoms with Crippen molar-refractivity contribution in [3.63, 3.8) is 0 Å². The zero-order valence-electron chi connectivity index (χ0n) is 15.6. The van der Waals surface area contributed by atoms with E-state index in [0.717, 1.165) is 49.4 Å². The van der Waals surface area contributed by atoms with Crippen LogP contribution in [0.25, 0.3) is 0 Å². The number of ether oxygens (including phenoxy) is 1. The lowest BCUT2D eigenvalue weighted by Gasteiger charge is -2.24. The molecule has 2 aromatic carbocycles. The molecule has 5 heteroatoms. The minimum atomic E-state index is 0. The van der Waals surface area contributed by atoms with E-state index in [1.54, 1.807) is 0 Å². The number of nitrogens with one attached hydrogen (secondary N) is 2. The van der Waals surface area contributed by atoms with Gasteiger partial charge in [-0.25, -0.2) is 0 Å². The summed E-state index contributed by atoms with van der Waals surface area (Å²) in [6.07, 6.45) is 3.31. The van der Waals surface area contributed by atoms with Crippen molar-refractivity contribution in [2.24, 2.45) is 11.3 Å². The summed E-state index contributed by atoms with van der Waals surface area (Å²) in [6.45, 7) is 4.13. The molecule has 1 saturated carbocycles. The predicted octanol–water partition coefficient (Wildman–Crippen LogP) is 4.47. The number of hydrogen-bond donors (Lipinski definition) is 2. The van der Waals surface area contributed by atoms with Crippen molar-refractivity contribution in [3.05, 3.63) is 60.2 Å². The Morgan fingerprint density at radius 3 is 2.37 bits per heavy atom. The Morgan fingerprint density at radius 1 is 1.07 bits per heavy atom. The molecule has 1 heterocycles. The van der Waals surface area contributed by atoms with Gasteiger partial charge in [0.25, 0.3) is 0 Å². The molecule has 1 spiro atoms. The van der Waals surface area contributed by atoms with Crippen molar-refractivity contribution in [1.29, 1.82) is 0 Å². The number of piperidine rings is 1. The van der Waals surface area contributed by atoms with Gasteiger partial charge in [-0.3, -0.25) is 4.79 Å². The number of amides is 1. The Kier molecular flexibility index (Phi) is 6.08. The molecule has 1 saturated heterocycles. The van der Waals surface area contributed by atoms with Crippen LogP contribution in [0.15, 0.2) is 54.6 Å². The third-order valence-corrected chi connectivity index (χ3v) is 5.82. The van der Waals surface area contributed by atoms with Gasteiger partial charge in [0.1, 0.15) is 11.5 Å². The Morgan fingerprint density at radius 2 is 1.70 bits per heavy atom. The van der Waals surface area contributed by atoms with Crippen LogP contribution >= 0.6 is 12.4 Å². The number of carbonyl (C=O) groups excluding carboxylic acids is 1. The first-order chi connectivity index (χ1) is 12.7. The van der Waals surface area contributed by atoms with E-state index in [4.69, 9.17) is 4.74 Å². The van der Waals surface area contributed by atoms with E-state index in [1.165, 1.54) is 0 Å². The smallest absolute Gasteiger partial charge is 0.224 e. The van der Waals surface area contributed by atoms with Gasteiger partial charge in [-0.05, 0) is 74.5 Å². The molecule has 1 aliphatic carbocycles. The van der Waals surface area contributed by atoms with Gasteiger partial charge in [-0.2, -0.15) is 0 Å². The number of hydrogen-bond acceptors (Lipinski definition) is 3. The van der Waals surface area contributed by atoms with Crippen LogP contribution in [-0.2, 0) is 4.79 Å². The minimum absolute atomic E-state index is 0. The van der Waals surface area contributed by atoms with Gasteiger partial charge in [0.05, 0.1) is 6.04 Å². The highest BCUT2D eigenvalue weighted by Crippen LogP contribution is 2.58. The zero-order valence-corrected chi connectivity index (χ0v) is 16.4. The summed E-state index contributed by atoms with van der Waals surface area (Å²) in [5.74, 6) is 2.04. The number of carbonyl (C=O) groups is 1. The van der Waals surface area contributed by atoms with E-state index in [1.807, 2.05) is 61.5 Å². The van der Waals surface area contributed by atoms with E-state index in [2.05, 4.69) is 10.6 Å². The van der Waals surface area contributed by atoms with Crippen molar-refractivity contribution in [2.45, 2.75) is 32.2 Å². The first-order valence-electron chi connectivity index (χ1n) is 9.50. The summed E-state index contributed by atoms with van der Waals surface area (Å²) in [5, 5.41) is 6.58. The van der Waals surface area contributed by atoms with Crippen molar-refractivity contribution in [1.82, 2.24) is 10.6 Å². The van der Waals surface area contributed by atoms with E-state index in [0.29, 0.717) is 0 Å². The van der Waals surface area contributed by atoms with E-state index in [9.17, 15) is 4.79 Å². The molecule has 0 aromatic heterocycles. The maximum absolute atomic E-state index is 12.6. The van der Waals surface area contributed by atoms with Gasteiger partial charge in [0.15, 0.2) is 0 Å². The Hall–Kier alpha value is -2.04. The fourth-order valence-corrected chi connectivity index (χ4v) is 4.04. The molecule has 0 bridgehead atoms. The second-order valence-electron chi connectivity index (χ2n) is 7.58. The highest BCUT2D eigenvalue weighted by molar-refractivity contribution is 5.85. The maximum Gasteiger partial charge on any atom is 0.224 e. The summed E-state index contributed by atoms with van der Waals surface area (Å²) in [4.78, 5) is 12.6. The molecular weight excluding hydrogens is 360 g/mol. The number of rotatable bonds is 5. The molecule has 4 nitrogen and oxygen atoms in total. The number of benzene rings is 2. The second kappa shape index (κ2) is 8.32. The van der Waals surface area contributed by atoms with Crippen LogP contribution in [0.4, 0.5) is 0 Å². The van der Waals surface area contributed by atoms with E-state index >= 15 is 0 Å². The molecule has 1 aliphatic heterocycles. The van der Waals surface area contributed by atoms with Gasteiger partial charge < -0.3 is 15.4 Å². The van der Waals surface area contributed by atoms with Crippen LogP contribution in [0.3, 0.4) is 0 Å². The largest absolute Gasteiger partial charge is 0.457 e. The lowest BCUT2D eigenvalue weighted by Crippen LogP contribution is -2.34. The third-order valence-electron chi connectivity index (χ3n) is 5.82. The molecule has 4 rings (SSSR count). The number of para-hydroxylation sites is 1. The molecule has 0 radical (unpaired) electrons. The highest BCUT2D eigenvalue weighted by Gasteiger charge is 2.57. The topological polar surface area (TPSA) is 50.4 Å². The van der Waals surface area contributed by atoms with Crippen LogP contribution in [0.1, 0.15) is 37.8 Å². The molecule has 1 amide bonds. The van der Waals surface area contributed by atoms with Crippen LogP contribution in [-0.4, -0.2) is 19.0 Å². The third kappa shape index (κ3) is 4.45. The molecular formula is C22H27ClN2O2. The summed E-state index contributed by atoms with van der Waals surface area (Å²) in [5.41, 5.74) is 1.38. The maximum atomic E-state index is 12.6. The Balaban J connectivity index is 0.00000210.